The highest BCUT2D eigenvalue weighted by Crippen LogP contribution is 2.10. The zero-order valence-electron chi connectivity index (χ0n) is 8.74. The molecule has 0 bridgehead atoms. The minimum absolute atomic E-state index is 0.0924. The summed E-state index contributed by atoms with van der Waals surface area (Å²) in [5.41, 5.74) is 0. The first-order chi connectivity index (χ1) is 7.36. The average molecular weight is 215 g/mol. The van der Waals surface area contributed by atoms with Gasteiger partial charge in [-0.25, -0.2) is 0 Å². The minimum Gasteiger partial charge on any atom is -0.376 e. The molecule has 0 aromatic carbocycles. The van der Waals surface area contributed by atoms with Crippen LogP contribution in [0.5, 0.6) is 0 Å². The van der Waals surface area contributed by atoms with Crippen LogP contribution in [0.15, 0.2) is 0 Å². The Balaban J connectivity index is 1.66. The lowest BCUT2D eigenvalue weighted by atomic mass is 10.2. The molecule has 2 atom stereocenters. The molecule has 1 N–H and O–H groups in total. The average Bonchev–Trinajstić information content (AvgIpc) is 2.80. The second-order valence-electron chi connectivity index (χ2n) is 3.81. The third-order valence-corrected chi connectivity index (χ3v) is 2.64. The maximum absolute atomic E-state index is 11.6. The van der Waals surface area contributed by atoms with Crippen LogP contribution in [-0.2, 0) is 19.0 Å². The molecular weight excluding hydrogens is 198 g/mol. The van der Waals surface area contributed by atoms with Gasteiger partial charge in [0.1, 0.15) is 0 Å². The van der Waals surface area contributed by atoms with Crippen LogP contribution in [0.4, 0.5) is 0 Å². The summed E-state index contributed by atoms with van der Waals surface area (Å²) >= 11 is 0. The van der Waals surface area contributed by atoms with E-state index in [1.807, 2.05) is 0 Å². The van der Waals surface area contributed by atoms with Gasteiger partial charge in [-0.2, -0.15) is 0 Å². The van der Waals surface area contributed by atoms with Gasteiger partial charge in [0, 0.05) is 13.2 Å². The molecule has 0 radical (unpaired) electrons. The van der Waals surface area contributed by atoms with Crippen LogP contribution in [0, 0.1) is 0 Å². The Hall–Kier alpha value is -0.650. The molecule has 2 aliphatic rings. The summed E-state index contributed by atoms with van der Waals surface area (Å²) in [5, 5.41) is 2.83. The largest absolute Gasteiger partial charge is 0.376 e. The van der Waals surface area contributed by atoms with Crippen molar-refractivity contribution in [3.8, 4) is 0 Å². The molecule has 86 valence electrons. The topological polar surface area (TPSA) is 56.8 Å². The van der Waals surface area contributed by atoms with Gasteiger partial charge >= 0.3 is 0 Å². The van der Waals surface area contributed by atoms with Crippen LogP contribution >= 0.6 is 0 Å². The van der Waals surface area contributed by atoms with E-state index in [1.165, 1.54) is 0 Å². The summed E-state index contributed by atoms with van der Waals surface area (Å²) in [6.45, 7) is 2.83. The molecule has 2 fully saturated rings. The number of amides is 1. The Labute approximate surface area is 89.1 Å². The fraction of sp³-hybridized carbons (Fsp3) is 0.900. The van der Waals surface area contributed by atoms with Gasteiger partial charge in [0.2, 0.25) is 0 Å². The Bertz CT molecular complexity index is 209. The smallest absolute Gasteiger partial charge is 0.251 e. The standard InChI is InChI=1S/C10H17NO4/c12-10(9-7-13-4-5-15-9)11-6-8-2-1-3-14-8/h8-9H,1-7H2,(H,11,12). The molecule has 5 nitrogen and oxygen atoms in total. The van der Waals surface area contributed by atoms with E-state index >= 15 is 0 Å². The molecule has 0 aromatic rings. The Morgan fingerprint density at radius 3 is 2.87 bits per heavy atom. The predicted molar refractivity (Wildman–Crippen MR) is 52.5 cm³/mol. The fourth-order valence-electron chi connectivity index (χ4n) is 1.77. The summed E-state index contributed by atoms with van der Waals surface area (Å²) in [6, 6.07) is 0. The second-order valence-corrected chi connectivity index (χ2v) is 3.81. The Morgan fingerprint density at radius 2 is 2.20 bits per heavy atom. The summed E-state index contributed by atoms with van der Waals surface area (Å²) in [7, 11) is 0. The third kappa shape index (κ3) is 3.15. The number of rotatable bonds is 3. The van der Waals surface area contributed by atoms with Crippen LogP contribution in [-0.4, -0.2) is 51.1 Å². The predicted octanol–water partition coefficient (Wildman–Crippen LogP) is -0.303. The van der Waals surface area contributed by atoms with Gasteiger partial charge in [0.05, 0.1) is 25.9 Å². The molecule has 15 heavy (non-hydrogen) atoms. The van der Waals surface area contributed by atoms with Crippen LogP contribution in [0.1, 0.15) is 12.8 Å². The van der Waals surface area contributed by atoms with Crippen LogP contribution in [0.2, 0.25) is 0 Å². The maximum Gasteiger partial charge on any atom is 0.251 e. The van der Waals surface area contributed by atoms with E-state index in [0.29, 0.717) is 26.4 Å². The lowest BCUT2D eigenvalue weighted by molar-refractivity contribution is -0.147. The van der Waals surface area contributed by atoms with Crippen molar-refractivity contribution in [1.29, 1.82) is 0 Å². The lowest BCUT2D eigenvalue weighted by Crippen LogP contribution is -2.44. The SMILES string of the molecule is O=C(NCC1CCCO1)C1COCCO1. The Morgan fingerprint density at radius 1 is 1.27 bits per heavy atom. The molecule has 0 aliphatic carbocycles. The number of nitrogens with one attached hydrogen (secondary N) is 1. The lowest BCUT2D eigenvalue weighted by Gasteiger charge is -2.22. The van der Waals surface area contributed by atoms with Crippen LogP contribution in [0.25, 0.3) is 0 Å². The van der Waals surface area contributed by atoms with Gasteiger partial charge in [-0.1, -0.05) is 0 Å². The maximum atomic E-state index is 11.6. The molecule has 2 saturated heterocycles. The van der Waals surface area contributed by atoms with Gasteiger partial charge in [-0.05, 0) is 12.8 Å². The van der Waals surface area contributed by atoms with Crippen molar-refractivity contribution in [3.63, 3.8) is 0 Å². The fourth-order valence-corrected chi connectivity index (χ4v) is 1.77. The zero-order chi connectivity index (χ0) is 10.5. The van der Waals surface area contributed by atoms with Gasteiger partial charge in [0.25, 0.3) is 5.91 Å². The number of ether oxygens (including phenoxy) is 3. The van der Waals surface area contributed by atoms with Crippen LogP contribution < -0.4 is 5.32 Å². The monoisotopic (exact) mass is 215 g/mol. The highest BCUT2D eigenvalue weighted by molar-refractivity contribution is 5.81. The van der Waals surface area contributed by atoms with Crippen molar-refractivity contribution in [2.45, 2.75) is 25.0 Å². The molecule has 0 saturated carbocycles. The van der Waals surface area contributed by atoms with Gasteiger partial charge in [0.15, 0.2) is 6.10 Å². The van der Waals surface area contributed by atoms with Crippen molar-refractivity contribution in [2.24, 2.45) is 0 Å². The molecule has 2 heterocycles. The molecule has 2 aliphatic heterocycles. The van der Waals surface area contributed by atoms with Gasteiger partial charge < -0.3 is 19.5 Å². The van der Waals surface area contributed by atoms with Crippen molar-refractivity contribution >= 4 is 5.91 Å². The molecule has 2 unspecified atom stereocenters. The number of carbonyl (C=O) groups is 1. The summed E-state index contributed by atoms with van der Waals surface area (Å²) < 4.78 is 15.8. The number of hydrogen-bond acceptors (Lipinski definition) is 4. The van der Waals surface area contributed by atoms with Crippen molar-refractivity contribution in [2.75, 3.05) is 33.0 Å². The minimum atomic E-state index is -0.444. The quantitative estimate of drug-likeness (QED) is 0.702. The molecule has 5 heteroatoms. The first-order valence-electron chi connectivity index (χ1n) is 5.45. The number of carbonyl (C=O) groups excluding carboxylic acids is 1. The van der Waals surface area contributed by atoms with Crippen LogP contribution in [0.3, 0.4) is 0 Å². The summed E-state index contributed by atoms with van der Waals surface area (Å²) in [5.74, 6) is -0.0924. The van der Waals surface area contributed by atoms with Crippen molar-refractivity contribution < 1.29 is 19.0 Å². The Kier molecular flexibility index (Phi) is 3.94. The highest BCUT2D eigenvalue weighted by Gasteiger charge is 2.24. The van der Waals surface area contributed by atoms with Gasteiger partial charge in [-0.15, -0.1) is 0 Å². The molecular formula is C10H17NO4. The second kappa shape index (κ2) is 5.44. The summed E-state index contributed by atoms with van der Waals surface area (Å²) in [4.78, 5) is 11.6. The van der Waals surface area contributed by atoms with E-state index in [0.717, 1.165) is 19.4 Å². The van der Waals surface area contributed by atoms with E-state index in [9.17, 15) is 4.79 Å². The van der Waals surface area contributed by atoms with Gasteiger partial charge in [-0.3, -0.25) is 4.79 Å². The van der Waals surface area contributed by atoms with E-state index in [1.54, 1.807) is 0 Å². The van der Waals surface area contributed by atoms with E-state index < -0.39 is 6.10 Å². The zero-order valence-corrected chi connectivity index (χ0v) is 8.74. The molecule has 0 aromatic heterocycles. The van der Waals surface area contributed by atoms with E-state index in [2.05, 4.69) is 5.32 Å². The van der Waals surface area contributed by atoms with E-state index in [4.69, 9.17) is 14.2 Å². The van der Waals surface area contributed by atoms with E-state index in [-0.39, 0.29) is 12.0 Å². The third-order valence-electron chi connectivity index (χ3n) is 2.64. The molecule has 1 amide bonds. The highest BCUT2D eigenvalue weighted by atomic mass is 16.6. The first-order valence-corrected chi connectivity index (χ1v) is 5.45. The number of hydrogen-bond donors (Lipinski definition) is 1. The first kappa shape index (κ1) is 10.9. The molecule has 2 rings (SSSR count). The molecule has 0 spiro atoms. The van der Waals surface area contributed by atoms with Crippen molar-refractivity contribution in [3.05, 3.63) is 0 Å². The summed E-state index contributed by atoms with van der Waals surface area (Å²) in [6.07, 6.45) is 1.85. The normalized spacial score (nSPS) is 31.5. The van der Waals surface area contributed by atoms with Crippen molar-refractivity contribution in [1.82, 2.24) is 5.32 Å².